The van der Waals surface area contributed by atoms with Crippen molar-refractivity contribution in [1.29, 1.82) is 0 Å². The molecule has 0 bridgehead atoms. The summed E-state index contributed by atoms with van der Waals surface area (Å²) < 4.78 is 1.13. The Hall–Kier alpha value is -0.980. The van der Waals surface area contributed by atoms with Gasteiger partial charge in [0.05, 0.1) is 6.54 Å². The molecule has 0 fully saturated rings. The molecule has 2 rings (SSSR count). The maximum Gasteiger partial charge on any atom is 0.225 e. The molecule has 0 aliphatic carbocycles. The van der Waals surface area contributed by atoms with Gasteiger partial charge in [-0.15, -0.1) is 11.3 Å². The highest BCUT2D eigenvalue weighted by Gasteiger charge is 2.07. The second kappa shape index (κ2) is 7.71. The van der Waals surface area contributed by atoms with E-state index in [4.69, 9.17) is 0 Å². The molecule has 4 nitrogen and oxygen atoms in total. The molecule has 0 aromatic carbocycles. The van der Waals surface area contributed by atoms with Gasteiger partial charge < -0.3 is 10.2 Å². The van der Waals surface area contributed by atoms with Crippen molar-refractivity contribution in [3.8, 4) is 0 Å². The summed E-state index contributed by atoms with van der Waals surface area (Å²) in [5.74, 6) is 0.758. The summed E-state index contributed by atoms with van der Waals surface area (Å²) >= 11 is 5.21. The monoisotopic (exact) mass is 354 g/mol. The van der Waals surface area contributed by atoms with Crippen LogP contribution in [-0.4, -0.2) is 23.6 Å². The highest BCUT2D eigenvalue weighted by molar-refractivity contribution is 9.10. The lowest BCUT2D eigenvalue weighted by Crippen LogP contribution is -2.19. The number of anilines is 1. The van der Waals surface area contributed by atoms with Gasteiger partial charge in [-0.25, -0.2) is 9.97 Å². The van der Waals surface area contributed by atoms with Gasteiger partial charge in [-0.3, -0.25) is 0 Å². The van der Waals surface area contributed by atoms with Crippen LogP contribution in [0.3, 0.4) is 0 Å². The maximum absolute atomic E-state index is 4.43. The molecule has 6 heteroatoms. The Morgan fingerprint density at radius 3 is 2.70 bits per heavy atom. The van der Waals surface area contributed by atoms with Crippen molar-refractivity contribution in [1.82, 2.24) is 15.3 Å². The number of rotatable bonds is 7. The van der Waals surface area contributed by atoms with Gasteiger partial charge >= 0.3 is 0 Å². The van der Waals surface area contributed by atoms with Crippen molar-refractivity contribution in [2.24, 2.45) is 0 Å². The summed E-state index contributed by atoms with van der Waals surface area (Å²) in [5.41, 5.74) is 1.12. The van der Waals surface area contributed by atoms with Crippen LogP contribution in [0.15, 0.2) is 28.3 Å². The Bertz CT molecular complexity index is 526. The largest absolute Gasteiger partial charge is 0.339 e. The van der Waals surface area contributed by atoms with Crippen LogP contribution < -0.4 is 10.2 Å². The molecule has 0 aliphatic rings. The zero-order chi connectivity index (χ0) is 14.4. The van der Waals surface area contributed by atoms with Gasteiger partial charge in [-0.2, -0.15) is 0 Å². The summed E-state index contributed by atoms with van der Waals surface area (Å²) in [5, 5.41) is 5.44. The van der Waals surface area contributed by atoms with Crippen molar-refractivity contribution in [3.63, 3.8) is 0 Å². The normalized spacial score (nSPS) is 10.8. The van der Waals surface area contributed by atoms with Crippen LogP contribution in [0, 0.1) is 0 Å². The Kier molecular flexibility index (Phi) is 5.94. The highest BCUT2D eigenvalue weighted by atomic mass is 79.9. The molecule has 0 amide bonds. The number of nitrogens with one attached hydrogen (secondary N) is 1. The van der Waals surface area contributed by atoms with E-state index in [0.717, 1.165) is 42.0 Å². The number of hydrogen-bond acceptors (Lipinski definition) is 5. The van der Waals surface area contributed by atoms with E-state index in [9.17, 15) is 0 Å². The van der Waals surface area contributed by atoms with E-state index in [1.807, 2.05) is 19.4 Å². The molecule has 1 N–H and O–H groups in total. The smallest absolute Gasteiger partial charge is 0.225 e. The fraction of sp³-hybridized carbons (Fsp3) is 0.429. The van der Waals surface area contributed by atoms with Gasteiger partial charge in [-0.1, -0.05) is 6.92 Å². The Morgan fingerprint density at radius 1 is 1.35 bits per heavy atom. The first-order valence-electron chi connectivity index (χ1n) is 6.64. The lowest BCUT2D eigenvalue weighted by Gasteiger charge is -2.16. The van der Waals surface area contributed by atoms with E-state index in [0.29, 0.717) is 0 Å². The van der Waals surface area contributed by atoms with E-state index in [1.165, 1.54) is 4.88 Å². The van der Waals surface area contributed by atoms with Crippen molar-refractivity contribution in [2.75, 3.05) is 18.5 Å². The fourth-order valence-corrected chi connectivity index (χ4v) is 3.29. The average Bonchev–Trinajstić information content (AvgIpc) is 2.85. The van der Waals surface area contributed by atoms with Crippen LogP contribution >= 0.6 is 27.3 Å². The van der Waals surface area contributed by atoms with Crippen LogP contribution in [0.4, 0.5) is 5.95 Å². The maximum atomic E-state index is 4.43. The second-order valence-corrected chi connectivity index (χ2v) is 6.57. The standard InChI is InChI=1S/C14H19BrN4S/c1-3-4-16-6-11-7-17-14(18-8-11)19(2)9-13-5-12(15)10-20-13/h5,7-8,10,16H,3-4,6,9H2,1-2H3. The van der Waals surface area contributed by atoms with Crippen LogP contribution in [0.25, 0.3) is 0 Å². The summed E-state index contributed by atoms with van der Waals surface area (Å²) in [6.07, 6.45) is 4.93. The van der Waals surface area contributed by atoms with Crippen molar-refractivity contribution >= 4 is 33.2 Å². The number of halogens is 1. The van der Waals surface area contributed by atoms with Gasteiger partial charge in [0.15, 0.2) is 0 Å². The number of nitrogens with zero attached hydrogens (tertiary/aromatic N) is 3. The third-order valence-electron chi connectivity index (χ3n) is 2.80. The molecule has 0 saturated carbocycles. The molecular weight excluding hydrogens is 336 g/mol. The van der Waals surface area contributed by atoms with Crippen LogP contribution in [0.1, 0.15) is 23.8 Å². The lowest BCUT2D eigenvalue weighted by atomic mass is 10.3. The average molecular weight is 355 g/mol. The molecule has 2 aromatic heterocycles. The van der Waals surface area contributed by atoms with Crippen molar-refractivity contribution < 1.29 is 0 Å². The molecule has 2 heterocycles. The van der Waals surface area contributed by atoms with Crippen molar-refractivity contribution in [3.05, 3.63) is 38.8 Å². The molecule has 20 heavy (non-hydrogen) atoms. The number of hydrogen-bond donors (Lipinski definition) is 1. The van der Waals surface area contributed by atoms with E-state index in [2.05, 4.69) is 54.5 Å². The minimum absolute atomic E-state index is 0.758. The molecule has 0 aliphatic heterocycles. The van der Waals surface area contributed by atoms with E-state index < -0.39 is 0 Å². The SMILES string of the molecule is CCCNCc1cnc(N(C)Cc2cc(Br)cs2)nc1. The molecule has 2 aromatic rings. The Balaban J connectivity index is 1.91. The molecule has 108 valence electrons. The quantitative estimate of drug-likeness (QED) is 0.773. The summed E-state index contributed by atoms with van der Waals surface area (Å²) in [6, 6.07) is 2.13. The minimum atomic E-state index is 0.758. The predicted octanol–water partition coefficient (Wildman–Crippen LogP) is 3.44. The van der Waals surface area contributed by atoms with Gasteiger partial charge in [-0.05, 0) is 35.0 Å². The second-order valence-electron chi connectivity index (χ2n) is 4.66. The molecule has 0 radical (unpaired) electrons. The van der Waals surface area contributed by atoms with Gasteiger partial charge in [0.1, 0.15) is 0 Å². The van der Waals surface area contributed by atoms with E-state index >= 15 is 0 Å². The molecule has 0 saturated heterocycles. The number of thiophene rings is 1. The topological polar surface area (TPSA) is 41.1 Å². The van der Waals surface area contributed by atoms with E-state index in [-0.39, 0.29) is 0 Å². The predicted molar refractivity (Wildman–Crippen MR) is 88.2 cm³/mol. The van der Waals surface area contributed by atoms with Gasteiger partial charge in [0, 0.05) is 46.3 Å². The molecule has 0 unspecified atom stereocenters. The first kappa shape index (κ1) is 15.4. The van der Waals surface area contributed by atoms with Crippen LogP contribution in [-0.2, 0) is 13.1 Å². The zero-order valence-electron chi connectivity index (χ0n) is 11.8. The molecular formula is C14H19BrN4S. The molecule has 0 spiro atoms. The lowest BCUT2D eigenvalue weighted by molar-refractivity contribution is 0.671. The first-order chi connectivity index (χ1) is 9.69. The van der Waals surface area contributed by atoms with Crippen LogP contribution in [0.2, 0.25) is 0 Å². The molecule has 0 atom stereocenters. The summed E-state index contributed by atoms with van der Waals surface area (Å²) in [6.45, 7) is 4.83. The van der Waals surface area contributed by atoms with Gasteiger partial charge in [0.2, 0.25) is 5.95 Å². The Morgan fingerprint density at radius 2 is 2.10 bits per heavy atom. The van der Waals surface area contributed by atoms with Crippen LogP contribution in [0.5, 0.6) is 0 Å². The third kappa shape index (κ3) is 4.54. The first-order valence-corrected chi connectivity index (χ1v) is 8.32. The summed E-state index contributed by atoms with van der Waals surface area (Å²) in [4.78, 5) is 12.2. The Labute approximate surface area is 132 Å². The van der Waals surface area contributed by atoms with Gasteiger partial charge in [0.25, 0.3) is 0 Å². The van der Waals surface area contributed by atoms with E-state index in [1.54, 1.807) is 11.3 Å². The number of aromatic nitrogens is 2. The third-order valence-corrected chi connectivity index (χ3v) is 4.49. The zero-order valence-corrected chi connectivity index (χ0v) is 14.2. The highest BCUT2D eigenvalue weighted by Crippen LogP contribution is 2.21. The fourth-order valence-electron chi connectivity index (χ4n) is 1.79. The van der Waals surface area contributed by atoms with Crippen molar-refractivity contribution in [2.45, 2.75) is 26.4 Å². The summed E-state index contributed by atoms with van der Waals surface area (Å²) in [7, 11) is 2.01. The minimum Gasteiger partial charge on any atom is -0.339 e.